The second kappa shape index (κ2) is 10.6. The number of amides is 1. The molecular formula is C21H27Cl2N5O2S. The van der Waals surface area contributed by atoms with E-state index in [4.69, 9.17) is 33.7 Å². The van der Waals surface area contributed by atoms with Crippen LogP contribution in [0.5, 0.6) is 5.75 Å². The zero-order valence-electron chi connectivity index (χ0n) is 17.8. The molecule has 1 aromatic rings. The number of nitrogens with two attached hydrogens (primary N) is 1. The smallest absolute Gasteiger partial charge is 0.257 e. The lowest BCUT2D eigenvalue weighted by Gasteiger charge is -2.23. The first-order chi connectivity index (χ1) is 14.9. The third-order valence-electron chi connectivity index (χ3n) is 5.00. The predicted octanol–water partition coefficient (Wildman–Crippen LogP) is 3.44. The Kier molecular flexibility index (Phi) is 8.16. The number of guanidine groups is 1. The Morgan fingerprint density at radius 3 is 2.71 bits per heavy atom. The molecule has 31 heavy (non-hydrogen) atoms. The number of carbonyl (C=O) groups excluding carboxylic acids is 1. The van der Waals surface area contributed by atoms with Crippen LogP contribution < -0.4 is 21.1 Å². The highest BCUT2D eigenvalue weighted by Gasteiger charge is 2.33. The van der Waals surface area contributed by atoms with Crippen molar-refractivity contribution in [3.05, 3.63) is 44.3 Å². The molecule has 7 nitrogen and oxygen atoms in total. The van der Waals surface area contributed by atoms with Crippen LogP contribution in [-0.4, -0.2) is 54.9 Å². The van der Waals surface area contributed by atoms with E-state index in [1.54, 1.807) is 12.1 Å². The van der Waals surface area contributed by atoms with Crippen molar-refractivity contribution in [1.82, 2.24) is 15.5 Å². The van der Waals surface area contributed by atoms with E-state index in [0.29, 0.717) is 45.1 Å². The van der Waals surface area contributed by atoms with Gasteiger partial charge >= 0.3 is 0 Å². The second-order valence-electron chi connectivity index (χ2n) is 6.95. The van der Waals surface area contributed by atoms with Crippen LogP contribution in [0.15, 0.2) is 33.7 Å². The number of likely N-dealkylation sites (N-methyl/N-ethyl adjacent to an activating group) is 2. The van der Waals surface area contributed by atoms with E-state index in [1.165, 1.54) is 11.8 Å². The molecule has 3 rings (SSSR count). The minimum Gasteiger partial charge on any atom is -0.491 e. The van der Waals surface area contributed by atoms with Crippen molar-refractivity contribution in [3.63, 3.8) is 0 Å². The molecule has 2 aliphatic heterocycles. The summed E-state index contributed by atoms with van der Waals surface area (Å²) in [6.07, 6.45) is 1.82. The number of hydrogen-bond acceptors (Lipinski definition) is 7. The van der Waals surface area contributed by atoms with Crippen molar-refractivity contribution in [2.75, 3.05) is 32.8 Å². The average Bonchev–Trinajstić information content (AvgIpc) is 3.16. The number of carbonyl (C=O) groups is 1. The van der Waals surface area contributed by atoms with Crippen molar-refractivity contribution >= 4 is 52.5 Å². The Morgan fingerprint density at radius 1 is 1.29 bits per heavy atom. The van der Waals surface area contributed by atoms with Crippen LogP contribution in [0.25, 0.3) is 5.70 Å². The molecule has 0 saturated heterocycles. The van der Waals surface area contributed by atoms with E-state index in [2.05, 4.69) is 34.4 Å². The first kappa shape index (κ1) is 23.8. The third kappa shape index (κ3) is 5.49. The van der Waals surface area contributed by atoms with Crippen LogP contribution >= 0.6 is 35.0 Å². The highest BCUT2D eigenvalue weighted by molar-refractivity contribution is 8.05. The van der Waals surface area contributed by atoms with Crippen LogP contribution in [0.3, 0.4) is 0 Å². The van der Waals surface area contributed by atoms with Gasteiger partial charge in [-0.2, -0.15) is 0 Å². The van der Waals surface area contributed by atoms with Crippen molar-refractivity contribution in [3.8, 4) is 5.75 Å². The number of thioether (sulfide) groups is 1. The van der Waals surface area contributed by atoms with Gasteiger partial charge in [-0.25, -0.2) is 4.99 Å². The second-order valence-corrected chi connectivity index (χ2v) is 8.88. The maximum Gasteiger partial charge on any atom is 0.257 e. The van der Waals surface area contributed by atoms with Gasteiger partial charge in [0.25, 0.3) is 5.91 Å². The number of hydrogen-bond donors (Lipinski definition) is 3. The summed E-state index contributed by atoms with van der Waals surface area (Å²) in [5, 5.41) is 6.49. The number of nitrogens with one attached hydrogen (secondary N) is 2. The highest BCUT2D eigenvalue weighted by atomic mass is 35.5. The van der Waals surface area contributed by atoms with Gasteiger partial charge in [-0.15, -0.1) is 0 Å². The molecule has 0 bridgehead atoms. The molecule has 2 heterocycles. The molecule has 168 valence electrons. The molecule has 0 spiro atoms. The van der Waals surface area contributed by atoms with Crippen LogP contribution in [0.1, 0.15) is 26.3 Å². The fraction of sp³-hybridized carbons (Fsp3) is 0.429. The maximum absolute atomic E-state index is 12.3. The van der Waals surface area contributed by atoms with E-state index in [1.807, 2.05) is 13.0 Å². The Bertz CT molecular complexity index is 944. The van der Waals surface area contributed by atoms with Gasteiger partial charge in [0.1, 0.15) is 17.7 Å². The molecule has 4 N–H and O–H groups in total. The van der Waals surface area contributed by atoms with Crippen LogP contribution in [0.4, 0.5) is 0 Å². The van der Waals surface area contributed by atoms with Crippen molar-refractivity contribution in [2.24, 2.45) is 10.7 Å². The number of ether oxygens (including phenoxy) is 1. The standard InChI is InChI=1S/C21H27Cl2N5O2S/c1-4-25-19(29)17-10-13-18(26-21(24)27-20(13)31-17)12-9-16(15(23)11-14(12)22)30-8-7-28(5-2)6-3/h9-11,20H,4-8H2,1-3H3,(H,25,29)(H3,24,26,27). The minimum atomic E-state index is -0.312. The SMILES string of the molecule is CCNC(=O)C1=CC2=C(c3cc(OCCN(CC)CC)c(Cl)cc3Cl)NC(N)=NC2S1. The molecule has 0 radical (unpaired) electrons. The summed E-state index contributed by atoms with van der Waals surface area (Å²) in [6.45, 7) is 9.87. The van der Waals surface area contributed by atoms with Gasteiger partial charge in [-0.05, 0) is 38.2 Å². The lowest BCUT2D eigenvalue weighted by molar-refractivity contribution is -0.116. The van der Waals surface area contributed by atoms with E-state index < -0.39 is 0 Å². The Balaban J connectivity index is 1.92. The summed E-state index contributed by atoms with van der Waals surface area (Å²) in [7, 11) is 0. The zero-order valence-corrected chi connectivity index (χ0v) is 20.1. The Hall–Kier alpha value is -1.87. The number of benzene rings is 1. The molecule has 1 aromatic carbocycles. The minimum absolute atomic E-state index is 0.134. The lowest BCUT2D eigenvalue weighted by Crippen LogP contribution is -2.36. The molecular weight excluding hydrogens is 457 g/mol. The van der Waals surface area contributed by atoms with Gasteiger partial charge in [0, 0.05) is 24.2 Å². The summed E-state index contributed by atoms with van der Waals surface area (Å²) in [4.78, 5) is 19.6. The predicted molar refractivity (Wildman–Crippen MR) is 130 cm³/mol. The van der Waals surface area contributed by atoms with Gasteiger partial charge in [0.05, 0.1) is 20.6 Å². The average molecular weight is 484 g/mol. The monoisotopic (exact) mass is 483 g/mol. The van der Waals surface area contributed by atoms with Gasteiger partial charge in [0.2, 0.25) is 0 Å². The molecule has 0 aliphatic carbocycles. The van der Waals surface area contributed by atoms with Crippen molar-refractivity contribution in [1.29, 1.82) is 0 Å². The quantitative estimate of drug-likeness (QED) is 0.498. The number of nitrogens with zero attached hydrogens (tertiary/aromatic N) is 2. The van der Waals surface area contributed by atoms with E-state index in [-0.39, 0.29) is 17.2 Å². The lowest BCUT2D eigenvalue weighted by atomic mass is 10.0. The van der Waals surface area contributed by atoms with Crippen LogP contribution in [0.2, 0.25) is 10.0 Å². The van der Waals surface area contributed by atoms with E-state index in [9.17, 15) is 4.79 Å². The number of aliphatic imine (C=N–C) groups is 1. The molecule has 0 saturated carbocycles. The van der Waals surface area contributed by atoms with Crippen LogP contribution in [0, 0.1) is 0 Å². The van der Waals surface area contributed by atoms with Gasteiger partial charge < -0.3 is 26.0 Å². The van der Waals surface area contributed by atoms with Gasteiger partial charge in [-0.3, -0.25) is 4.79 Å². The summed E-state index contributed by atoms with van der Waals surface area (Å²) >= 11 is 14.3. The maximum atomic E-state index is 12.3. The van der Waals surface area contributed by atoms with Gasteiger partial charge in [-0.1, -0.05) is 48.8 Å². The Labute approximate surface area is 197 Å². The molecule has 1 unspecified atom stereocenters. The number of rotatable bonds is 9. The summed E-state index contributed by atoms with van der Waals surface area (Å²) < 4.78 is 5.96. The molecule has 1 atom stereocenters. The Morgan fingerprint density at radius 2 is 2.03 bits per heavy atom. The molecule has 2 aliphatic rings. The van der Waals surface area contributed by atoms with Crippen molar-refractivity contribution < 1.29 is 9.53 Å². The first-order valence-electron chi connectivity index (χ1n) is 10.2. The normalized spacial score (nSPS) is 17.8. The fourth-order valence-electron chi connectivity index (χ4n) is 3.33. The topological polar surface area (TPSA) is 92.0 Å². The summed E-state index contributed by atoms with van der Waals surface area (Å²) in [5.41, 5.74) is 8.24. The summed E-state index contributed by atoms with van der Waals surface area (Å²) in [6, 6.07) is 3.47. The summed E-state index contributed by atoms with van der Waals surface area (Å²) in [5.74, 6) is 0.668. The fourth-order valence-corrected chi connectivity index (χ4v) is 4.95. The molecule has 0 fully saturated rings. The zero-order chi connectivity index (χ0) is 22.5. The number of fused-ring (bicyclic) bond motifs is 1. The van der Waals surface area contributed by atoms with E-state index >= 15 is 0 Å². The number of halogens is 2. The van der Waals surface area contributed by atoms with Gasteiger partial charge in [0.15, 0.2) is 5.96 Å². The largest absolute Gasteiger partial charge is 0.491 e. The highest BCUT2D eigenvalue weighted by Crippen LogP contribution is 2.43. The van der Waals surface area contributed by atoms with Crippen molar-refractivity contribution in [2.45, 2.75) is 26.1 Å². The third-order valence-corrected chi connectivity index (χ3v) is 6.75. The van der Waals surface area contributed by atoms with E-state index in [0.717, 1.165) is 25.2 Å². The molecule has 1 amide bonds. The molecule has 10 heteroatoms. The molecule has 0 aromatic heterocycles. The van der Waals surface area contributed by atoms with Crippen LogP contribution in [-0.2, 0) is 4.79 Å². The first-order valence-corrected chi connectivity index (χ1v) is 11.9.